The standard InChI is InChI=1S/C14H20FNO3/c1-4-10(2)16(8-9-19-3)14(18)13-11(15)6-5-7-12(13)17/h5-7,10,17H,4,8-9H2,1-3H3. The average molecular weight is 269 g/mol. The van der Waals surface area contributed by atoms with Gasteiger partial charge in [0.1, 0.15) is 17.1 Å². The molecule has 5 heteroatoms. The van der Waals surface area contributed by atoms with Crippen molar-refractivity contribution in [2.24, 2.45) is 0 Å². The fourth-order valence-electron chi connectivity index (χ4n) is 1.80. The van der Waals surface area contributed by atoms with E-state index in [1.807, 2.05) is 13.8 Å². The van der Waals surface area contributed by atoms with E-state index in [0.29, 0.717) is 13.2 Å². The first-order valence-corrected chi connectivity index (χ1v) is 6.30. The Morgan fingerprint density at radius 1 is 1.53 bits per heavy atom. The zero-order valence-corrected chi connectivity index (χ0v) is 11.5. The molecule has 0 saturated heterocycles. The summed E-state index contributed by atoms with van der Waals surface area (Å²) in [6.45, 7) is 4.55. The van der Waals surface area contributed by atoms with E-state index in [4.69, 9.17) is 4.74 Å². The van der Waals surface area contributed by atoms with Crippen LogP contribution < -0.4 is 0 Å². The SMILES string of the molecule is CCC(C)N(CCOC)C(=O)c1c(O)cccc1F. The first-order chi connectivity index (χ1) is 9.02. The van der Waals surface area contributed by atoms with Gasteiger partial charge < -0.3 is 14.7 Å². The summed E-state index contributed by atoms with van der Waals surface area (Å²) >= 11 is 0. The summed E-state index contributed by atoms with van der Waals surface area (Å²) < 4.78 is 18.7. The normalized spacial score (nSPS) is 12.2. The molecule has 1 rings (SSSR count). The zero-order chi connectivity index (χ0) is 14.4. The van der Waals surface area contributed by atoms with Crippen LogP contribution in [-0.2, 0) is 4.74 Å². The molecule has 1 amide bonds. The molecule has 0 aliphatic carbocycles. The fourth-order valence-corrected chi connectivity index (χ4v) is 1.80. The predicted octanol–water partition coefficient (Wildman–Crippen LogP) is 2.42. The quantitative estimate of drug-likeness (QED) is 0.862. The smallest absolute Gasteiger partial charge is 0.260 e. The molecule has 0 fully saturated rings. The van der Waals surface area contributed by atoms with Gasteiger partial charge in [-0.05, 0) is 25.5 Å². The van der Waals surface area contributed by atoms with E-state index in [0.717, 1.165) is 12.5 Å². The molecule has 1 unspecified atom stereocenters. The molecule has 1 atom stereocenters. The molecule has 0 heterocycles. The number of carbonyl (C=O) groups excluding carboxylic acids is 1. The van der Waals surface area contributed by atoms with Gasteiger partial charge in [-0.15, -0.1) is 0 Å². The number of halogens is 1. The Kier molecular flexibility index (Phi) is 5.76. The fraction of sp³-hybridized carbons (Fsp3) is 0.500. The molecular weight excluding hydrogens is 249 g/mol. The number of amides is 1. The van der Waals surface area contributed by atoms with E-state index in [9.17, 15) is 14.3 Å². The lowest BCUT2D eigenvalue weighted by atomic mass is 10.1. The number of hydrogen-bond acceptors (Lipinski definition) is 3. The highest BCUT2D eigenvalue weighted by molar-refractivity contribution is 5.97. The summed E-state index contributed by atoms with van der Waals surface area (Å²) in [5.74, 6) is -1.56. The minimum Gasteiger partial charge on any atom is -0.507 e. The van der Waals surface area contributed by atoms with Gasteiger partial charge in [0, 0.05) is 19.7 Å². The van der Waals surface area contributed by atoms with Gasteiger partial charge in [-0.2, -0.15) is 0 Å². The molecule has 106 valence electrons. The molecule has 1 aromatic rings. The van der Waals surface area contributed by atoms with Gasteiger partial charge in [0.25, 0.3) is 5.91 Å². The molecule has 1 N–H and O–H groups in total. The molecule has 1 aromatic carbocycles. The van der Waals surface area contributed by atoms with Gasteiger partial charge in [-0.3, -0.25) is 4.79 Å². The Morgan fingerprint density at radius 2 is 2.21 bits per heavy atom. The van der Waals surface area contributed by atoms with Crippen LogP contribution in [0.3, 0.4) is 0 Å². The first-order valence-electron chi connectivity index (χ1n) is 6.30. The number of ether oxygens (including phenoxy) is 1. The van der Waals surface area contributed by atoms with Crippen LogP contribution in [0.5, 0.6) is 5.75 Å². The van der Waals surface area contributed by atoms with Crippen LogP contribution in [0, 0.1) is 5.82 Å². The number of nitrogens with zero attached hydrogens (tertiary/aromatic N) is 1. The largest absolute Gasteiger partial charge is 0.507 e. The molecule has 4 nitrogen and oxygen atoms in total. The van der Waals surface area contributed by atoms with Gasteiger partial charge >= 0.3 is 0 Å². The van der Waals surface area contributed by atoms with Crippen LogP contribution in [0.4, 0.5) is 4.39 Å². The molecule has 19 heavy (non-hydrogen) atoms. The maximum absolute atomic E-state index is 13.7. The van der Waals surface area contributed by atoms with Gasteiger partial charge in [-0.25, -0.2) is 4.39 Å². The number of phenolic OH excluding ortho intramolecular Hbond substituents is 1. The molecular formula is C14H20FNO3. The van der Waals surface area contributed by atoms with Gasteiger partial charge in [-0.1, -0.05) is 13.0 Å². The summed E-state index contributed by atoms with van der Waals surface area (Å²) in [7, 11) is 1.54. The monoisotopic (exact) mass is 269 g/mol. The minimum absolute atomic E-state index is 0.0540. The lowest BCUT2D eigenvalue weighted by Crippen LogP contribution is -2.40. The third-order valence-electron chi connectivity index (χ3n) is 3.13. The lowest BCUT2D eigenvalue weighted by Gasteiger charge is -2.28. The Bertz CT molecular complexity index is 416. The van der Waals surface area contributed by atoms with E-state index in [-0.39, 0.29) is 17.4 Å². The minimum atomic E-state index is -0.712. The first kappa shape index (κ1) is 15.4. The van der Waals surface area contributed by atoms with E-state index >= 15 is 0 Å². The van der Waals surface area contributed by atoms with Gasteiger partial charge in [0.15, 0.2) is 0 Å². The number of hydrogen-bond donors (Lipinski definition) is 1. The van der Waals surface area contributed by atoms with Crippen LogP contribution >= 0.6 is 0 Å². The molecule has 0 aliphatic rings. The van der Waals surface area contributed by atoms with Crippen molar-refractivity contribution in [2.75, 3.05) is 20.3 Å². The molecule has 0 saturated carbocycles. The van der Waals surface area contributed by atoms with Crippen molar-refractivity contribution in [3.8, 4) is 5.75 Å². The van der Waals surface area contributed by atoms with E-state index < -0.39 is 11.7 Å². The van der Waals surface area contributed by atoms with E-state index in [1.165, 1.54) is 17.0 Å². The summed E-state index contributed by atoms with van der Waals surface area (Å²) in [5.41, 5.74) is -0.279. The number of carbonyl (C=O) groups is 1. The highest BCUT2D eigenvalue weighted by atomic mass is 19.1. The number of methoxy groups -OCH3 is 1. The van der Waals surface area contributed by atoms with Crippen molar-refractivity contribution >= 4 is 5.91 Å². The molecule has 0 spiro atoms. The molecule has 0 aliphatic heterocycles. The Hall–Kier alpha value is -1.62. The van der Waals surface area contributed by atoms with Crippen molar-refractivity contribution in [3.63, 3.8) is 0 Å². The summed E-state index contributed by atoms with van der Waals surface area (Å²) in [4.78, 5) is 13.9. The predicted molar refractivity (Wildman–Crippen MR) is 70.7 cm³/mol. The topological polar surface area (TPSA) is 49.8 Å². The zero-order valence-electron chi connectivity index (χ0n) is 11.5. The van der Waals surface area contributed by atoms with Crippen LogP contribution in [0.25, 0.3) is 0 Å². The third-order valence-corrected chi connectivity index (χ3v) is 3.13. The van der Waals surface area contributed by atoms with Gasteiger partial charge in [0.2, 0.25) is 0 Å². The maximum Gasteiger partial charge on any atom is 0.260 e. The van der Waals surface area contributed by atoms with Crippen LogP contribution in [-0.4, -0.2) is 42.2 Å². The van der Waals surface area contributed by atoms with E-state index in [1.54, 1.807) is 7.11 Å². The van der Waals surface area contributed by atoms with Crippen LogP contribution in [0.1, 0.15) is 30.6 Å². The van der Waals surface area contributed by atoms with Crippen LogP contribution in [0.2, 0.25) is 0 Å². The average Bonchev–Trinajstić information content (AvgIpc) is 2.38. The summed E-state index contributed by atoms with van der Waals surface area (Å²) in [6, 6.07) is 3.78. The van der Waals surface area contributed by atoms with Crippen molar-refractivity contribution in [2.45, 2.75) is 26.3 Å². The van der Waals surface area contributed by atoms with Crippen molar-refractivity contribution in [1.82, 2.24) is 4.90 Å². The van der Waals surface area contributed by atoms with Gasteiger partial charge in [0.05, 0.1) is 6.61 Å². The van der Waals surface area contributed by atoms with Crippen molar-refractivity contribution in [1.29, 1.82) is 0 Å². The van der Waals surface area contributed by atoms with E-state index in [2.05, 4.69) is 0 Å². The Balaban J connectivity index is 3.05. The number of benzene rings is 1. The number of phenols is 1. The van der Waals surface area contributed by atoms with Crippen molar-refractivity contribution < 1.29 is 19.0 Å². The second kappa shape index (κ2) is 7.09. The summed E-state index contributed by atoms with van der Waals surface area (Å²) in [6.07, 6.45) is 0.741. The number of rotatable bonds is 6. The third kappa shape index (κ3) is 3.67. The van der Waals surface area contributed by atoms with Crippen molar-refractivity contribution in [3.05, 3.63) is 29.6 Å². The molecule has 0 radical (unpaired) electrons. The molecule has 0 aromatic heterocycles. The summed E-state index contributed by atoms with van der Waals surface area (Å²) in [5, 5.41) is 9.67. The highest BCUT2D eigenvalue weighted by Crippen LogP contribution is 2.23. The maximum atomic E-state index is 13.7. The Morgan fingerprint density at radius 3 is 2.74 bits per heavy atom. The lowest BCUT2D eigenvalue weighted by molar-refractivity contribution is 0.0606. The molecule has 0 bridgehead atoms. The second-order valence-electron chi connectivity index (χ2n) is 4.38. The second-order valence-corrected chi connectivity index (χ2v) is 4.38. The number of aromatic hydroxyl groups is 1. The Labute approximate surface area is 112 Å². The van der Waals surface area contributed by atoms with Crippen LogP contribution in [0.15, 0.2) is 18.2 Å². The highest BCUT2D eigenvalue weighted by Gasteiger charge is 2.25.